The summed E-state index contributed by atoms with van der Waals surface area (Å²) in [6, 6.07) is 5.93. The lowest BCUT2D eigenvalue weighted by molar-refractivity contribution is 0.484. The summed E-state index contributed by atoms with van der Waals surface area (Å²) >= 11 is 6.51. The van der Waals surface area contributed by atoms with Crippen molar-refractivity contribution in [3.8, 4) is 0 Å². The first-order chi connectivity index (χ1) is 15.8. The minimum Gasteiger partial charge on any atom is -0.368 e. The van der Waals surface area contributed by atoms with Crippen LogP contribution in [-0.4, -0.2) is 40.0 Å². The summed E-state index contributed by atoms with van der Waals surface area (Å²) in [7, 11) is 0. The van der Waals surface area contributed by atoms with Gasteiger partial charge in [0.2, 0.25) is 0 Å². The Morgan fingerprint density at radius 2 is 2.21 bits per heavy atom. The zero-order chi connectivity index (χ0) is 23.7. The SMILES string of the molecule is C=C1C(Cl)=CC(c2cc(=O)n3cc(N4CCN[C@H](C)C4)ccc3n2)=CN1/C=C(/C)C(C)CC. The molecule has 7 heteroatoms. The van der Waals surface area contributed by atoms with Gasteiger partial charge in [-0.3, -0.25) is 9.20 Å². The van der Waals surface area contributed by atoms with Gasteiger partial charge in [0, 0.05) is 55.9 Å². The van der Waals surface area contributed by atoms with E-state index in [4.69, 9.17) is 16.6 Å². The van der Waals surface area contributed by atoms with Crippen LogP contribution in [0.1, 0.15) is 39.8 Å². The summed E-state index contributed by atoms with van der Waals surface area (Å²) in [6.45, 7) is 15.5. The molecule has 1 saturated heterocycles. The molecule has 1 N–H and O–H groups in total. The van der Waals surface area contributed by atoms with E-state index >= 15 is 0 Å². The Balaban J connectivity index is 1.70. The molecule has 1 unspecified atom stereocenters. The van der Waals surface area contributed by atoms with Crippen molar-refractivity contribution in [2.75, 3.05) is 24.5 Å². The van der Waals surface area contributed by atoms with Crippen LogP contribution in [0.15, 0.2) is 70.5 Å². The molecule has 174 valence electrons. The van der Waals surface area contributed by atoms with Crippen molar-refractivity contribution in [2.45, 2.75) is 40.2 Å². The predicted octanol–water partition coefficient (Wildman–Crippen LogP) is 4.74. The number of nitrogens with one attached hydrogen (secondary N) is 1. The lowest BCUT2D eigenvalue weighted by Gasteiger charge is -2.33. The Bertz CT molecular complexity index is 1220. The third-order valence-corrected chi connectivity index (χ3v) is 6.88. The minimum absolute atomic E-state index is 0.118. The van der Waals surface area contributed by atoms with Crippen LogP contribution >= 0.6 is 11.6 Å². The summed E-state index contributed by atoms with van der Waals surface area (Å²) in [5.74, 6) is 0.454. The lowest BCUT2D eigenvalue weighted by Crippen LogP contribution is -2.49. The fourth-order valence-corrected chi connectivity index (χ4v) is 4.34. The van der Waals surface area contributed by atoms with Crippen LogP contribution in [0.5, 0.6) is 0 Å². The molecule has 33 heavy (non-hydrogen) atoms. The number of aromatic nitrogens is 2. The summed E-state index contributed by atoms with van der Waals surface area (Å²) < 4.78 is 1.62. The topological polar surface area (TPSA) is 52.9 Å². The van der Waals surface area contributed by atoms with Crippen LogP contribution in [0.3, 0.4) is 0 Å². The third-order valence-electron chi connectivity index (χ3n) is 6.55. The van der Waals surface area contributed by atoms with E-state index in [0.29, 0.717) is 34.0 Å². The molecule has 2 aliphatic rings. The molecule has 0 aliphatic carbocycles. The molecule has 0 radical (unpaired) electrons. The average molecular weight is 466 g/mol. The predicted molar refractivity (Wildman–Crippen MR) is 137 cm³/mol. The highest BCUT2D eigenvalue weighted by atomic mass is 35.5. The highest BCUT2D eigenvalue weighted by Crippen LogP contribution is 2.31. The van der Waals surface area contributed by atoms with Gasteiger partial charge in [-0.2, -0.15) is 0 Å². The number of anilines is 1. The zero-order valence-electron chi connectivity index (χ0n) is 19.8. The summed E-state index contributed by atoms with van der Waals surface area (Å²) in [6.07, 6.45) is 8.76. The standard InChI is InChI=1S/C26H32ClN5O/c1-6-17(2)18(3)13-31-15-21(11-23(27)20(31)5)24-12-26(33)32-16-22(7-8-25(32)29-24)30-10-9-28-19(4)14-30/h7-8,11-13,15-17,19,28H,5-6,9-10,14H2,1-4H3/b18-13-/t17?,19-/m1/s1. The zero-order valence-corrected chi connectivity index (χ0v) is 20.6. The smallest absolute Gasteiger partial charge is 0.258 e. The second kappa shape index (κ2) is 9.57. The Morgan fingerprint density at radius 3 is 2.94 bits per heavy atom. The van der Waals surface area contributed by atoms with Crippen LogP contribution in [0.4, 0.5) is 5.69 Å². The van der Waals surface area contributed by atoms with Crippen molar-refractivity contribution in [1.82, 2.24) is 19.6 Å². The van der Waals surface area contributed by atoms with E-state index in [-0.39, 0.29) is 5.56 Å². The second-order valence-electron chi connectivity index (χ2n) is 9.01. The van der Waals surface area contributed by atoms with Crippen molar-refractivity contribution >= 4 is 28.5 Å². The Kier molecular flexibility index (Phi) is 6.77. The van der Waals surface area contributed by atoms with Gasteiger partial charge >= 0.3 is 0 Å². The van der Waals surface area contributed by atoms with Crippen molar-refractivity contribution in [3.05, 3.63) is 81.8 Å². The fraction of sp³-hybridized carbons (Fsp3) is 0.385. The van der Waals surface area contributed by atoms with Gasteiger partial charge in [-0.1, -0.05) is 37.6 Å². The molecule has 0 saturated carbocycles. The Hall–Kier alpha value is -2.83. The molecule has 0 bridgehead atoms. The van der Waals surface area contributed by atoms with Crippen molar-refractivity contribution in [1.29, 1.82) is 0 Å². The molecule has 2 aromatic rings. The second-order valence-corrected chi connectivity index (χ2v) is 9.42. The van der Waals surface area contributed by atoms with Crippen LogP contribution in [0, 0.1) is 5.92 Å². The van der Waals surface area contributed by atoms with Gasteiger partial charge in [0.05, 0.1) is 22.1 Å². The maximum absolute atomic E-state index is 13.0. The fourth-order valence-electron chi connectivity index (χ4n) is 4.13. The van der Waals surface area contributed by atoms with E-state index in [1.807, 2.05) is 35.5 Å². The van der Waals surface area contributed by atoms with Gasteiger partial charge in [0.1, 0.15) is 5.65 Å². The van der Waals surface area contributed by atoms with Gasteiger partial charge in [0.15, 0.2) is 0 Å². The molecule has 2 atom stereocenters. The van der Waals surface area contributed by atoms with Crippen LogP contribution in [-0.2, 0) is 0 Å². The summed E-state index contributed by atoms with van der Waals surface area (Å²) in [5, 5.41) is 3.98. The number of pyridine rings is 1. The molecular weight excluding hydrogens is 434 g/mol. The van der Waals surface area contributed by atoms with Gasteiger partial charge in [-0.25, -0.2) is 4.98 Å². The average Bonchev–Trinajstić information content (AvgIpc) is 2.81. The van der Waals surface area contributed by atoms with Crippen molar-refractivity contribution in [2.24, 2.45) is 5.92 Å². The van der Waals surface area contributed by atoms with Gasteiger partial charge in [-0.05, 0) is 44.4 Å². The quantitative estimate of drug-likeness (QED) is 0.691. The van der Waals surface area contributed by atoms with E-state index in [2.05, 4.69) is 50.7 Å². The first kappa shape index (κ1) is 23.3. The van der Waals surface area contributed by atoms with Gasteiger partial charge in [-0.15, -0.1) is 0 Å². The first-order valence-electron chi connectivity index (χ1n) is 11.5. The number of hydrogen-bond donors (Lipinski definition) is 1. The highest BCUT2D eigenvalue weighted by Gasteiger charge is 2.19. The largest absolute Gasteiger partial charge is 0.368 e. The summed E-state index contributed by atoms with van der Waals surface area (Å²) in [5.41, 5.74) is 4.83. The maximum atomic E-state index is 13.0. The number of hydrogen-bond acceptors (Lipinski definition) is 5. The Morgan fingerprint density at radius 1 is 1.42 bits per heavy atom. The molecule has 0 aromatic carbocycles. The number of allylic oxidation sites excluding steroid dienone is 4. The monoisotopic (exact) mass is 465 g/mol. The lowest BCUT2D eigenvalue weighted by atomic mass is 10.0. The third kappa shape index (κ3) is 4.92. The molecule has 2 aliphatic heterocycles. The number of nitrogens with zero attached hydrogens (tertiary/aromatic N) is 4. The number of rotatable bonds is 5. The molecule has 0 spiro atoms. The molecule has 2 aromatic heterocycles. The molecule has 1 fully saturated rings. The van der Waals surface area contributed by atoms with E-state index in [9.17, 15) is 4.79 Å². The molecule has 0 amide bonds. The summed E-state index contributed by atoms with van der Waals surface area (Å²) in [4.78, 5) is 22.0. The van der Waals surface area contributed by atoms with Crippen LogP contribution in [0.25, 0.3) is 11.2 Å². The van der Waals surface area contributed by atoms with E-state index in [1.54, 1.807) is 10.5 Å². The molecule has 6 nitrogen and oxygen atoms in total. The maximum Gasteiger partial charge on any atom is 0.258 e. The molecule has 4 heterocycles. The van der Waals surface area contributed by atoms with Gasteiger partial charge < -0.3 is 15.1 Å². The van der Waals surface area contributed by atoms with E-state index in [1.165, 1.54) is 5.57 Å². The number of fused-ring (bicyclic) bond motifs is 1. The molecular formula is C26H32ClN5O. The molecule has 4 rings (SSSR count). The minimum atomic E-state index is -0.118. The van der Waals surface area contributed by atoms with E-state index in [0.717, 1.165) is 37.3 Å². The Labute approximate surface area is 200 Å². The number of halogens is 1. The van der Waals surface area contributed by atoms with Crippen molar-refractivity contribution in [3.63, 3.8) is 0 Å². The van der Waals surface area contributed by atoms with Gasteiger partial charge in [0.25, 0.3) is 5.56 Å². The van der Waals surface area contributed by atoms with Crippen LogP contribution < -0.4 is 15.8 Å². The van der Waals surface area contributed by atoms with Crippen molar-refractivity contribution < 1.29 is 0 Å². The normalized spacial score (nSPS) is 20.7. The first-order valence-corrected chi connectivity index (χ1v) is 11.9. The number of piperazine rings is 1. The highest BCUT2D eigenvalue weighted by molar-refractivity contribution is 6.32. The van der Waals surface area contributed by atoms with E-state index < -0.39 is 0 Å². The van der Waals surface area contributed by atoms with Crippen LogP contribution in [0.2, 0.25) is 0 Å².